The molecule has 2 aliphatic heterocycles. The van der Waals surface area contributed by atoms with E-state index in [0.29, 0.717) is 19.2 Å². The highest BCUT2D eigenvalue weighted by Gasteiger charge is 2.56. The zero-order valence-corrected chi connectivity index (χ0v) is 35.9. The quantitative estimate of drug-likeness (QED) is 0.0874. The molecule has 3 amide bonds. The maximum Gasteiger partial charge on any atom is 0.457 e. The number of unbranched alkanes of at least 4 members (excludes halogenated alkanes) is 1. The molecule has 1 aromatic carbocycles. The van der Waals surface area contributed by atoms with E-state index in [9.17, 15) is 24.0 Å². The van der Waals surface area contributed by atoms with Gasteiger partial charge in [0.15, 0.2) is 0 Å². The van der Waals surface area contributed by atoms with Gasteiger partial charge in [0.1, 0.15) is 35.0 Å². The van der Waals surface area contributed by atoms with Crippen molar-refractivity contribution in [3.63, 3.8) is 0 Å². The third kappa shape index (κ3) is 14.0. The molecule has 0 aromatic heterocycles. The Bertz CT molecular complexity index is 1520. The van der Waals surface area contributed by atoms with Crippen molar-refractivity contribution >= 4 is 37.2 Å². The summed E-state index contributed by atoms with van der Waals surface area (Å²) in [6.45, 7) is 23.3. The lowest BCUT2D eigenvalue weighted by atomic mass is 9.80. The van der Waals surface area contributed by atoms with Crippen LogP contribution < -0.4 is 10.6 Å². The van der Waals surface area contributed by atoms with Gasteiger partial charge < -0.3 is 38.9 Å². The fourth-order valence-electron chi connectivity index (χ4n) is 6.52. The van der Waals surface area contributed by atoms with Crippen LogP contribution in [-0.4, -0.2) is 94.2 Å². The molecule has 14 nitrogen and oxygen atoms in total. The third-order valence-electron chi connectivity index (χ3n) is 9.70. The van der Waals surface area contributed by atoms with Crippen LogP contribution in [0.4, 0.5) is 9.59 Å². The summed E-state index contributed by atoms with van der Waals surface area (Å²) in [6, 6.07) is 7.26. The van der Waals surface area contributed by atoms with Gasteiger partial charge in [-0.1, -0.05) is 43.2 Å². The summed E-state index contributed by atoms with van der Waals surface area (Å²) in [4.78, 5) is 69.3. The van der Waals surface area contributed by atoms with Gasteiger partial charge in [0.2, 0.25) is 5.91 Å². The molecular weight excluding hydrogens is 721 g/mol. The van der Waals surface area contributed by atoms with Crippen LogP contribution in [0.2, 0.25) is 6.32 Å². The zero-order chi connectivity index (χ0) is 42.3. The maximum absolute atomic E-state index is 14.4. The van der Waals surface area contributed by atoms with Crippen molar-refractivity contribution in [2.45, 2.75) is 187 Å². The lowest BCUT2D eigenvalue weighted by Crippen LogP contribution is -2.55. The average molecular weight is 788 g/mol. The predicted octanol–water partition coefficient (Wildman–Crippen LogP) is 6.87. The molecule has 0 radical (unpaired) electrons. The lowest BCUT2D eigenvalue weighted by molar-refractivity contribution is -0.158. The van der Waals surface area contributed by atoms with E-state index in [1.807, 2.05) is 58.0 Å². The fraction of sp³-hybridized carbons (Fsp3) is 0.732. The van der Waals surface area contributed by atoms with Crippen molar-refractivity contribution in [2.75, 3.05) is 6.54 Å². The first-order valence-electron chi connectivity index (χ1n) is 19.7. The fourth-order valence-corrected chi connectivity index (χ4v) is 6.52. The average Bonchev–Trinajstić information content (AvgIpc) is 3.50. The van der Waals surface area contributed by atoms with Crippen LogP contribution in [0.5, 0.6) is 0 Å². The van der Waals surface area contributed by atoms with Crippen molar-refractivity contribution in [3.8, 4) is 0 Å². The maximum atomic E-state index is 14.4. The van der Waals surface area contributed by atoms with Crippen LogP contribution in [0.15, 0.2) is 30.3 Å². The molecule has 2 heterocycles. The Morgan fingerprint density at radius 3 is 1.96 bits per heavy atom. The van der Waals surface area contributed by atoms with Gasteiger partial charge in [-0.25, -0.2) is 14.4 Å². The van der Waals surface area contributed by atoms with E-state index in [0.717, 1.165) is 5.56 Å². The molecule has 0 aliphatic carbocycles. The van der Waals surface area contributed by atoms with Crippen LogP contribution >= 0.6 is 0 Å². The molecule has 0 unspecified atom stereocenters. The van der Waals surface area contributed by atoms with E-state index >= 15 is 0 Å². The van der Waals surface area contributed by atoms with Gasteiger partial charge in [0.25, 0.3) is 0 Å². The summed E-state index contributed by atoms with van der Waals surface area (Å²) in [6.07, 6.45) is 0.0279. The second-order valence-corrected chi connectivity index (χ2v) is 18.8. The molecule has 1 aromatic rings. The van der Waals surface area contributed by atoms with Gasteiger partial charge in [0, 0.05) is 25.4 Å². The molecule has 2 aliphatic rings. The molecule has 0 saturated carbocycles. The number of amides is 3. The Balaban J connectivity index is 1.91. The Morgan fingerprint density at radius 1 is 0.839 bits per heavy atom. The van der Waals surface area contributed by atoms with Gasteiger partial charge in [-0.3, -0.25) is 14.5 Å². The Hall–Kier alpha value is -3.85. The normalized spacial score (nSPS) is 21.2. The molecular formula is C41H66BN3O11. The predicted molar refractivity (Wildman–Crippen MR) is 211 cm³/mol. The first-order chi connectivity index (χ1) is 25.6. The standard InChI is InChI=1S/C41H66BN3O11/c1-36(2,3)52-31(46)22-21-30(44-34(49)53-37(4,5)6)32(47)43-29-25-41(45(26-29)35(50)54-38(7,8)9,33(48)51-27-28-19-15-14-16-20-28)23-17-18-24-42-55-39(10,11)40(12,13)56-42/h14-16,19-20,29-30H,17-18,21-27H2,1-13H3,(H,43,47)(H,44,49)/t29-,30+,41-/m1/s1. The van der Waals surface area contributed by atoms with Crippen molar-refractivity contribution in [2.24, 2.45) is 0 Å². The number of benzene rings is 1. The second kappa shape index (κ2) is 18.2. The highest BCUT2D eigenvalue weighted by Crippen LogP contribution is 2.40. The van der Waals surface area contributed by atoms with Crippen molar-refractivity contribution in [1.29, 1.82) is 0 Å². The number of hydrogen-bond acceptors (Lipinski definition) is 11. The van der Waals surface area contributed by atoms with Crippen LogP contribution in [0, 0.1) is 0 Å². The summed E-state index contributed by atoms with van der Waals surface area (Å²) < 4.78 is 35.0. The monoisotopic (exact) mass is 787 g/mol. The molecule has 15 heteroatoms. The number of nitrogens with one attached hydrogen (secondary N) is 2. The molecule has 2 N–H and O–H groups in total. The minimum Gasteiger partial charge on any atom is -0.460 e. The minimum absolute atomic E-state index is 0.00726. The number of nitrogens with zero attached hydrogens (tertiary/aromatic N) is 1. The molecule has 2 fully saturated rings. The van der Waals surface area contributed by atoms with Gasteiger partial charge in [-0.15, -0.1) is 0 Å². The van der Waals surface area contributed by atoms with Crippen LogP contribution in [0.3, 0.4) is 0 Å². The molecule has 0 spiro atoms. The van der Waals surface area contributed by atoms with Gasteiger partial charge in [0.05, 0.1) is 11.2 Å². The van der Waals surface area contributed by atoms with E-state index in [1.54, 1.807) is 62.3 Å². The number of carbonyl (C=O) groups is 5. The summed E-state index contributed by atoms with van der Waals surface area (Å²) in [5.74, 6) is -1.80. The van der Waals surface area contributed by atoms with E-state index in [1.165, 1.54) is 4.90 Å². The van der Waals surface area contributed by atoms with Gasteiger partial charge in [-0.2, -0.15) is 0 Å². The summed E-state index contributed by atoms with van der Waals surface area (Å²) in [5, 5.41) is 5.54. The van der Waals surface area contributed by atoms with E-state index in [2.05, 4.69) is 10.6 Å². The molecule has 3 atom stereocenters. The van der Waals surface area contributed by atoms with Crippen molar-refractivity contribution in [1.82, 2.24) is 15.5 Å². The highest BCUT2D eigenvalue weighted by molar-refractivity contribution is 6.45. The second-order valence-electron chi connectivity index (χ2n) is 18.8. The van der Waals surface area contributed by atoms with E-state index in [-0.39, 0.29) is 38.8 Å². The Kier molecular flexibility index (Phi) is 15.1. The molecule has 2 saturated heterocycles. The van der Waals surface area contributed by atoms with E-state index < -0.39 is 82.8 Å². The topological polar surface area (TPSA) is 168 Å². The minimum atomic E-state index is -1.52. The van der Waals surface area contributed by atoms with Crippen LogP contribution in [0.1, 0.15) is 134 Å². The first-order valence-corrected chi connectivity index (χ1v) is 19.7. The van der Waals surface area contributed by atoms with Gasteiger partial charge >= 0.3 is 31.2 Å². The smallest absolute Gasteiger partial charge is 0.457 e. The molecule has 0 bridgehead atoms. The zero-order valence-electron chi connectivity index (χ0n) is 35.9. The molecule has 314 valence electrons. The third-order valence-corrected chi connectivity index (χ3v) is 9.70. The van der Waals surface area contributed by atoms with Crippen molar-refractivity contribution in [3.05, 3.63) is 35.9 Å². The summed E-state index contributed by atoms with van der Waals surface area (Å²) in [7, 11) is -0.436. The first kappa shape index (κ1) is 46.5. The van der Waals surface area contributed by atoms with E-state index in [4.69, 9.17) is 28.3 Å². The lowest BCUT2D eigenvalue weighted by Gasteiger charge is -2.37. The van der Waals surface area contributed by atoms with Crippen LogP contribution in [-0.2, 0) is 49.2 Å². The SMILES string of the molecule is CC(C)(C)OC(=O)CC[C@H](NC(=O)OC(C)(C)C)C(=O)N[C@H]1CN(C(=O)OC(C)(C)C)[C@@](CCCCB2OC(C)(C)C(C)(C)O2)(C(=O)OCc2ccccc2)C1. The number of hydrogen-bond donors (Lipinski definition) is 2. The molecule has 56 heavy (non-hydrogen) atoms. The number of carbonyl (C=O) groups excluding carboxylic acids is 5. The van der Waals surface area contributed by atoms with Crippen molar-refractivity contribution < 1.29 is 52.2 Å². The number of likely N-dealkylation sites (tertiary alicyclic amines) is 1. The summed E-state index contributed by atoms with van der Waals surface area (Å²) >= 11 is 0. The number of alkyl carbamates (subject to hydrolysis) is 1. The van der Waals surface area contributed by atoms with Crippen LogP contribution in [0.25, 0.3) is 0 Å². The summed E-state index contributed by atoms with van der Waals surface area (Å²) in [5.41, 5.74) is -4.22. The number of esters is 2. The number of ether oxygens (including phenoxy) is 4. The van der Waals surface area contributed by atoms with Gasteiger partial charge in [-0.05, 0) is 115 Å². The largest absolute Gasteiger partial charge is 0.460 e. The highest BCUT2D eigenvalue weighted by atomic mass is 16.7. The Morgan fingerprint density at radius 2 is 1.41 bits per heavy atom. The Labute approximate surface area is 333 Å². The molecule has 3 rings (SSSR count). The number of rotatable bonds is 14.